The van der Waals surface area contributed by atoms with Crippen molar-refractivity contribution in [1.29, 1.82) is 0 Å². The highest BCUT2D eigenvalue weighted by molar-refractivity contribution is 5.71. The maximum Gasteiger partial charge on any atom is 0.306 e. The summed E-state index contributed by atoms with van der Waals surface area (Å²) in [5.41, 5.74) is 0. The van der Waals surface area contributed by atoms with E-state index in [0.29, 0.717) is 19.3 Å². The highest BCUT2D eigenvalue weighted by atomic mass is 16.6. The summed E-state index contributed by atoms with van der Waals surface area (Å²) in [6.45, 7) is 6.40. The van der Waals surface area contributed by atoms with Crippen LogP contribution in [0.1, 0.15) is 303 Å². The number of unbranched alkanes of at least 4 members (excludes halogenated alkanes) is 30. The van der Waals surface area contributed by atoms with Crippen LogP contribution in [0, 0.1) is 0 Å². The minimum atomic E-state index is -0.790. The van der Waals surface area contributed by atoms with E-state index in [2.05, 4.69) is 118 Å². The number of rotatable bonds is 57. The molecule has 0 aliphatic rings. The molecule has 0 N–H and O–H groups in total. The molecule has 0 saturated heterocycles. The van der Waals surface area contributed by atoms with Crippen LogP contribution >= 0.6 is 0 Å². The van der Waals surface area contributed by atoms with E-state index in [4.69, 9.17) is 14.2 Å². The molecule has 0 bridgehead atoms. The van der Waals surface area contributed by atoms with E-state index in [1.165, 1.54) is 135 Å². The average molecular weight is 1040 g/mol. The fraction of sp³-hybridized carbons (Fsp3) is 0.725. The zero-order valence-electron chi connectivity index (χ0n) is 49.3. The van der Waals surface area contributed by atoms with Gasteiger partial charge in [0, 0.05) is 19.3 Å². The van der Waals surface area contributed by atoms with Gasteiger partial charge >= 0.3 is 17.9 Å². The van der Waals surface area contributed by atoms with E-state index in [9.17, 15) is 14.4 Å². The van der Waals surface area contributed by atoms with Gasteiger partial charge in [-0.2, -0.15) is 0 Å². The lowest BCUT2D eigenvalue weighted by atomic mass is 10.0. The Labute approximate surface area is 464 Å². The molecule has 0 aromatic rings. The Hall–Kier alpha value is -3.67. The number of allylic oxidation sites excluding steroid dienone is 16. The fourth-order valence-corrected chi connectivity index (χ4v) is 8.86. The van der Waals surface area contributed by atoms with Crippen molar-refractivity contribution in [2.75, 3.05) is 13.2 Å². The second-order valence-electron chi connectivity index (χ2n) is 20.9. The van der Waals surface area contributed by atoms with Crippen LogP contribution in [0.3, 0.4) is 0 Å². The minimum absolute atomic E-state index is 0.0853. The zero-order chi connectivity index (χ0) is 54.3. The summed E-state index contributed by atoms with van der Waals surface area (Å²) in [4.78, 5) is 38.2. The molecule has 75 heavy (non-hydrogen) atoms. The van der Waals surface area contributed by atoms with E-state index in [0.717, 1.165) is 128 Å². The number of ether oxygens (including phenoxy) is 3. The van der Waals surface area contributed by atoms with E-state index in [1.54, 1.807) is 0 Å². The molecule has 6 nitrogen and oxygen atoms in total. The van der Waals surface area contributed by atoms with Crippen molar-refractivity contribution < 1.29 is 28.6 Å². The molecule has 0 aliphatic heterocycles. The highest BCUT2D eigenvalue weighted by Crippen LogP contribution is 2.16. The van der Waals surface area contributed by atoms with Crippen LogP contribution in [0.15, 0.2) is 97.2 Å². The van der Waals surface area contributed by atoms with Crippen LogP contribution in [0.2, 0.25) is 0 Å². The Bertz CT molecular complexity index is 1480. The van der Waals surface area contributed by atoms with Crippen molar-refractivity contribution in [2.24, 2.45) is 0 Å². The summed E-state index contributed by atoms with van der Waals surface area (Å²) in [7, 11) is 0. The first-order valence-corrected chi connectivity index (χ1v) is 31.7. The molecule has 0 fully saturated rings. The van der Waals surface area contributed by atoms with E-state index in [1.807, 2.05) is 0 Å². The summed E-state index contributed by atoms with van der Waals surface area (Å²) in [5.74, 6) is -0.903. The lowest BCUT2D eigenvalue weighted by Gasteiger charge is -2.18. The molecule has 0 spiro atoms. The quantitative estimate of drug-likeness (QED) is 0.0261. The van der Waals surface area contributed by atoms with Gasteiger partial charge in [0.05, 0.1) is 0 Å². The van der Waals surface area contributed by atoms with Crippen LogP contribution < -0.4 is 0 Å². The summed E-state index contributed by atoms with van der Waals surface area (Å²) >= 11 is 0. The molecule has 0 amide bonds. The third-order valence-electron chi connectivity index (χ3n) is 13.6. The lowest BCUT2D eigenvalue weighted by Crippen LogP contribution is -2.30. The number of esters is 3. The number of carbonyl (C=O) groups is 3. The zero-order valence-corrected chi connectivity index (χ0v) is 49.3. The van der Waals surface area contributed by atoms with Crippen molar-refractivity contribution in [2.45, 2.75) is 309 Å². The molecule has 1 atom stereocenters. The van der Waals surface area contributed by atoms with Crippen LogP contribution in [0.5, 0.6) is 0 Å². The molecule has 0 aromatic heterocycles. The summed E-state index contributed by atoms with van der Waals surface area (Å²) in [6.07, 6.45) is 84.2. The van der Waals surface area contributed by atoms with Gasteiger partial charge in [0.15, 0.2) is 6.10 Å². The van der Waals surface area contributed by atoms with Gasteiger partial charge in [0.25, 0.3) is 0 Å². The summed E-state index contributed by atoms with van der Waals surface area (Å²) < 4.78 is 16.9. The summed E-state index contributed by atoms with van der Waals surface area (Å²) in [5, 5.41) is 0. The Balaban J connectivity index is 4.22. The molecular formula is C69H118O6. The first kappa shape index (κ1) is 71.3. The van der Waals surface area contributed by atoms with Gasteiger partial charge in [0.1, 0.15) is 13.2 Å². The maximum absolute atomic E-state index is 12.9. The molecule has 0 heterocycles. The van der Waals surface area contributed by atoms with Crippen molar-refractivity contribution in [3.05, 3.63) is 97.2 Å². The van der Waals surface area contributed by atoms with Crippen molar-refractivity contribution in [3.63, 3.8) is 0 Å². The minimum Gasteiger partial charge on any atom is -0.462 e. The molecule has 6 heteroatoms. The first-order valence-electron chi connectivity index (χ1n) is 31.7. The van der Waals surface area contributed by atoms with Gasteiger partial charge < -0.3 is 14.2 Å². The van der Waals surface area contributed by atoms with Crippen molar-refractivity contribution >= 4 is 17.9 Å². The average Bonchev–Trinajstić information content (AvgIpc) is 3.41. The standard InChI is InChI=1S/C69H118O6/c1-4-7-10-13-16-19-22-25-27-28-29-30-31-32-33-34-35-36-37-38-39-40-42-44-47-50-53-56-59-62-68(71)74-65-66(64-73-67(70)61-58-55-52-49-46-43-24-21-18-15-12-9-6-3)75-69(72)63-60-57-54-51-48-45-41-26-23-20-17-14-11-8-5-2/h7-8,10-11,16-17,19-21,24-27,29-30,41,66H,4-6,9,12-15,18,22-23,28,31-40,42-65H2,1-3H3/b10-7-,11-8-,19-16-,20-17-,24-21-,27-25-,30-29-,41-26-. The third kappa shape index (κ3) is 61.1. The second-order valence-corrected chi connectivity index (χ2v) is 20.9. The van der Waals surface area contributed by atoms with Gasteiger partial charge in [-0.1, -0.05) is 266 Å². The van der Waals surface area contributed by atoms with Gasteiger partial charge in [-0.3, -0.25) is 14.4 Å². The van der Waals surface area contributed by atoms with Crippen molar-refractivity contribution in [1.82, 2.24) is 0 Å². The smallest absolute Gasteiger partial charge is 0.306 e. The topological polar surface area (TPSA) is 78.9 Å². The Morgan fingerprint density at radius 3 is 0.827 bits per heavy atom. The maximum atomic E-state index is 12.9. The highest BCUT2D eigenvalue weighted by Gasteiger charge is 2.19. The predicted octanol–water partition coefficient (Wildman–Crippen LogP) is 21.7. The van der Waals surface area contributed by atoms with Crippen LogP contribution in [0.4, 0.5) is 0 Å². The number of carbonyl (C=O) groups excluding carboxylic acids is 3. The van der Waals surface area contributed by atoms with Gasteiger partial charge in [0.2, 0.25) is 0 Å². The van der Waals surface area contributed by atoms with E-state index < -0.39 is 6.10 Å². The molecule has 0 radical (unpaired) electrons. The molecule has 0 aromatic carbocycles. The van der Waals surface area contributed by atoms with Crippen LogP contribution in [-0.4, -0.2) is 37.2 Å². The van der Waals surface area contributed by atoms with Crippen LogP contribution in [0.25, 0.3) is 0 Å². The normalized spacial score (nSPS) is 12.7. The monoisotopic (exact) mass is 1040 g/mol. The van der Waals surface area contributed by atoms with Crippen LogP contribution in [-0.2, 0) is 28.6 Å². The van der Waals surface area contributed by atoms with Gasteiger partial charge in [-0.25, -0.2) is 0 Å². The number of hydrogen-bond acceptors (Lipinski definition) is 6. The molecule has 0 aliphatic carbocycles. The third-order valence-corrected chi connectivity index (χ3v) is 13.6. The van der Waals surface area contributed by atoms with Gasteiger partial charge in [-0.15, -0.1) is 0 Å². The fourth-order valence-electron chi connectivity index (χ4n) is 8.86. The molecule has 0 rings (SSSR count). The lowest BCUT2D eigenvalue weighted by molar-refractivity contribution is -0.167. The number of hydrogen-bond donors (Lipinski definition) is 0. The molecule has 430 valence electrons. The van der Waals surface area contributed by atoms with E-state index in [-0.39, 0.29) is 31.1 Å². The Kier molecular flexibility index (Phi) is 59.8. The molecule has 1 unspecified atom stereocenters. The van der Waals surface area contributed by atoms with E-state index >= 15 is 0 Å². The second kappa shape index (κ2) is 62.9. The Morgan fingerprint density at radius 2 is 0.520 bits per heavy atom. The molecular weight excluding hydrogens is 925 g/mol. The van der Waals surface area contributed by atoms with Crippen molar-refractivity contribution in [3.8, 4) is 0 Å². The first-order chi connectivity index (χ1) is 37.0. The summed E-state index contributed by atoms with van der Waals surface area (Å²) in [6, 6.07) is 0. The Morgan fingerprint density at radius 1 is 0.280 bits per heavy atom. The largest absolute Gasteiger partial charge is 0.462 e. The predicted molar refractivity (Wildman–Crippen MR) is 325 cm³/mol. The molecule has 0 saturated carbocycles. The van der Waals surface area contributed by atoms with Gasteiger partial charge in [-0.05, 0) is 116 Å². The SMILES string of the molecule is CC/C=C\C/C=C\C/C=C\C/C=C\CCCCCCCCCCCCCCCCCCC(=O)OCC(COC(=O)CCCCCCC/C=C\CCCCCC)OC(=O)CCCCCCC/C=C\C/C=C\C/C=C\CC.